The summed E-state index contributed by atoms with van der Waals surface area (Å²) in [6, 6.07) is 8.07. The van der Waals surface area contributed by atoms with Crippen molar-refractivity contribution in [2.45, 2.75) is 38.7 Å². The van der Waals surface area contributed by atoms with Crippen molar-refractivity contribution in [3.8, 4) is 0 Å². The van der Waals surface area contributed by atoms with E-state index in [9.17, 15) is 0 Å². The minimum atomic E-state index is -0.185. The van der Waals surface area contributed by atoms with Crippen LogP contribution in [0.2, 0.25) is 0 Å². The fourth-order valence-corrected chi connectivity index (χ4v) is 1.86. The summed E-state index contributed by atoms with van der Waals surface area (Å²) in [5.41, 5.74) is 2.14. The van der Waals surface area contributed by atoms with Gasteiger partial charge >= 0.3 is 0 Å². The van der Waals surface area contributed by atoms with Crippen molar-refractivity contribution < 1.29 is 5.11 Å². The van der Waals surface area contributed by atoms with Crippen LogP contribution in [0.3, 0.4) is 0 Å². The van der Waals surface area contributed by atoms with E-state index in [0.717, 1.165) is 42.5 Å². The number of H-pyrrole nitrogens is 1. The zero-order valence-electron chi connectivity index (χ0n) is 9.61. The molecule has 0 amide bonds. The van der Waals surface area contributed by atoms with E-state index in [1.807, 2.05) is 31.2 Å². The first-order valence-corrected chi connectivity index (χ1v) is 5.87. The molecule has 1 aromatic heterocycles. The number of aromatic nitrogens is 2. The van der Waals surface area contributed by atoms with E-state index in [0.29, 0.717) is 0 Å². The molecule has 0 aliphatic rings. The first-order chi connectivity index (χ1) is 7.75. The van der Waals surface area contributed by atoms with Crippen LogP contribution < -0.4 is 0 Å². The highest BCUT2D eigenvalue weighted by molar-refractivity contribution is 5.74. The van der Waals surface area contributed by atoms with Gasteiger partial charge < -0.3 is 10.1 Å². The molecule has 0 saturated carbocycles. The van der Waals surface area contributed by atoms with Crippen molar-refractivity contribution in [3.63, 3.8) is 0 Å². The standard InChI is InChI=1S/C13H18N2O/c1-10(16)6-2-5-9-13-14-11-7-3-4-8-12(11)15-13/h3-4,7-8,10,16H,2,5-6,9H2,1H3,(H,14,15). The molecule has 0 bridgehead atoms. The van der Waals surface area contributed by atoms with E-state index in [1.54, 1.807) is 0 Å². The normalized spacial score (nSPS) is 13.1. The molecule has 1 atom stereocenters. The second-order valence-electron chi connectivity index (χ2n) is 4.30. The van der Waals surface area contributed by atoms with Crippen molar-refractivity contribution in [2.75, 3.05) is 0 Å². The number of aryl methyl sites for hydroxylation is 1. The number of fused-ring (bicyclic) bond motifs is 1. The molecule has 3 nitrogen and oxygen atoms in total. The Labute approximate surface area is 95.5 Å². The summed E-state index contributed by atoms with van der Waals surface area (Å²) < 4.78 is 0. The van der Waals surface area contributed by atoms with Gasteiger partial charge in [-0.1, -0.05) is 18.6 Å². The number of aliphatic hydroxyl groups excluding tert-OH is 1. The lowest BCUT2D eigenvalue weighted by atomic mass is 10.1. The Kier molecular flexibility index (Phi) is 3.57. The van der Waals surface area contributed by atoms with Gasteiger partial charge in [0.15, 0.2) is 0 Å². The summed E-state index contributed by atoms with van der Waals surface area (Å²) in [5, 5.41) is 9.14. The summed E-state index contributed by atoms with van der Waals surface area (Å²) in [6.45, 7) is 1.83. The third-order valence-corrected chi connectivity index (χ3v) is 2.72. The highest BCUT2D eigenvalue weighted by Gasteiger charge is 2.02. The fraction of sp³-hybridized carbons (Fsp3) is 0.462. The smallest absolute Gasteiger partial charge is 0.107 e. The molecule has 2 rings (SSSR count). The molecule has 2 aromatic rings. The van der Waals surface area contributed by atoms with Gasteiger partial charge in [0.1, 0.15) is 5.82 Å². The molecule has 0 spiro atoms. The topological polar surface area (TPSA) is 48.9 Å². The Morgan fingerprint density at radius 3 is 2.88 bits per heavy atom. The van der Waals surface area contributed by atoms with Crippen LogP contribution in [-0.2, 0) is 6.42 Å². The molecule has 1 unspecified atom stereocenters. The average molecular weight is 218 g/mol. The predicted molar refractivity (Wildman–Crippen MR) is 65.3 cm³/mol. The highest BCUT2D eigenvalue weighted by Crippen LogP contribution is 2.12. The minimum absolute atomic E-state index is 0.185. The van der Waals surface area contributed by atoms with Crippen LogP contribution in [0.4, 0.5) is 0 Å². The molecule has 86 valence electrons. The first kappa shape index (κ1) is 11.1. The number of rotatable bonds is 5. The lowest BCUT2D eigenvalue weighted by Gasteiger charge is -2.01. The molecule has 0 fully saturated rings. The fourth-order valence-electron chi connectivity index (χ4n) is 1.86. The third-order valence-electron chi connectivity index (χ3n) is 2.72. The van der Waals surface area contributed by atoms with Crippen molar-refractivity contribution >= 4 is 11.0 Å². The summed E-state index contributed by atoms with van der Waals surface area (Å²) in [6.07, 6.45) is 3.77. The molecule has 0 aliphatic carbocycles. The van der Waals surface area contributed by atoms with Gasteiger partial charge in [0, 0.05) is 6.42 Å². The molecule has 0 saturated heterocycles. The lowest BCUT2D eigenvalue weighted by Crippen LogP contribution is -1.99. The van der Waals surface area contributed by atoms with Crippen LogP contribution in [-0.4, -0.2) is 21.2 Å². The molecule has 1 aromatic carbocycles. The van der Waals surface area contributed by atoms with Gasteiger partial charge in [-0.15, -0.1) is 0 Å². The first-order valence-electron chi connectivity index (χ1n) is 5.87. The lowest BCUT2D eigenvalue weighted by molar-refractivity contribution is 0.180. The Bertz CT molecular complexity index is 415. The van der Waals surface area contributed by atoms with Gasteiger partial charge in [-0.05, 0) is 31.9 Å². The maximum Gasteiger partial charge on any atom is 0.107 e. The average Bonchev–Trinajstić information content (AvgIpc) is 2.66. The number of hydrogen-bond donors (Lipinski definition) is 2. The van der Waals surface area contributed by atoms with Crippen molar-refractivity contribution in [3.05, 3.63) is 30.1 Å². The zero-order valence-corrected chi connectivity index (χ0v) is 9.61. The summed E-state index contributed by atoms with van der Waals surface area (Å²) in [4.78, 5) is 7.82. The van der Waals surface area contributed by atoms with Crippen molar-refractivity contribution in [1.82, 2.24) is 9.97 Å². The maximum absolute atomic E-state index is 9.14. The number of nitrogens with zero attached hydrogens (tertiary/aromatic N) is 1. The Hall–Kier alpha value is -1.35. The van der Waals surface area contributed by atoms with Crippen LogP contribution in [0.5, 0.6) is 0 Å². The maximum atomic E-state index is 9.14. The van der Waals surface area contributed by atoms with E-state index in [-0.39, 0.29) is 6.10 Å². The van der Waals surface area contributed by atoms with Crippen molar-refractivity contribution in [2.24, 2.45) is 0 Å². The van der Waals surface area contributed by atoms with Crippen LogP contribution in [0.1, 0.15) is 32.0 Å². The summed E-state index contributed by atoms with van der Waals surface area (Å²) in [7, 11) is 0. The van der Waals surface area contributed by atoms with Gasteiger partial charge in [0.25, 0.3) is 0 Å². The van der Waals surface area contributed by atoms with Gasteiger partial charge in [0.2, 0.25) is 0 Å². The molecule has 0 aliphatic heterocycles. The van der Waals surface area contributed by atoms with Crippen LogP contribution in [0, 0.1) is 0 Å². The van der Waals surface area contributed by atoms with Crippen LogP contribution >= 0.6 is 0 Å². The molecule has 3 heteroatoms. The second-order valence-corrected chi connectivity index (χ2v) is 4.30. The third kappa shape index (κ3) is 2.83. The SMILES string of the molecule is CC(O)CCCCc1nc2ccccc2[nH]1. The van der Waals surface area contributed by atoms with E-state index >= 15 is 0 Å². The number of imidazole rings is 1. The van der Waals surface area contributed by atoms with E-state index in [4.69, 9.17) is 5.11 Å². The van der Waals surface area contributed by atoms with Crippen LogP contribution in [0.25, 0.3) is 11.0 Å². The largest absolute Gasteiger partial charge is 0.393 e. The molecule has 16 heavy (non-hydrogen) atoms. The molecule has 1 heterocycles. The minimum Gasteiger partial charge on any atom is -0.393 e. The molecule has 0 radical (unpaired) electrons. The van der Waals surface area contributed by atoms with Gasteiger partial charge in [-0.3, -0.25) is 0 Å². The Morgan fingerprint density at radius 1 is 1.31 bits per heavy atom. The second kappa shape index (κ2) is 5.12. The number of unbranched alkanes of at least 4 members (excludes halogenated alkanes) is 1. The van der Waals surface area contributed by atoms with Gasteiger partial charge in [0.05, 0.1) is 17.1 Å². The number of benzene rings is 1. The number of para-hydroxylation sites is 2. The zero-order chi connectivity index (χ0) is 11.4. The van der Waals surface area contributed by atoms with E-state index in [1.165, 1.54) is 0 Å². The van der Waals surface area contributed by atoms with Gasteiger partial charge in [-0.25, -0.2) is 4.98 Å². The molecular weight excluding hydrogens is 200 g/mol. The summed E-state index contributed by atoms with van der Waals surface area (Å²) >= 11 is 0. The Balaban J connectivity index is 1.89. The van der Waals surface area contributed by atoms with Gasteiger partial charge in [-0.2, -0.15) is 0 Å². The van der Waals surface area contributed by atoms with E-state index in [2.05, 4.69) is 9.97 Å². The number of nitrogens with one attached hydrogen (secondary N) is 1. The van der Waals surface area contributed by atoms with Crippen molar-refractivity contribution in [1.29, 1.82) is 0 Å². The molecular formula is C13H18N2O. The highest BCUT2D eigenvalue weighted by atomic mass is 16.3. The Morgan fingerprint density at radius 2 is 2.12 bits per heavy atom. The molecule has 2 N–H and O–H groups in total. The summed E-state index contributed by atoms with van der Waals surface area (Å²) in [5.74, 6) is 1.05. The number of aliphatic hydroxyl groups is 1. The monoisotopic (exact) mass is 218 g/mol. The van der Waals surface area contributed by atoms with Crippen LogP contribution in [0.15, 0.2) is 24.3 Å². The van der Waals surface area contributed by atoms with E-state index < -0.39 is 0 Å². The quantitative estimate of drug-likeness (QED) is 0.758. The number of hydrogen-bond acceptors (Lipinski definition) is 2. The number of aromatic amines is 1. The predicted octanol–water partition coefficient (Wildman–Crippen LogP) is 2.66.